The van der Waals surface area contributed by atoms with Gasteiger partial charge >= 0.3 is 5.97 Å². The number of hydrogen-bond acceptors (Lipinski definition) is 3. The van der Waals surface area contributed by atoms with Crippen LogP contribution >= 0.6 is 0 Å². The van der Waals surface area contributed by atoms with E-state index in [-0.39, 0.29) is 17.9 Å². The van der Waals surface area contributed by atoms with E-state index >= 15 is 0 Å². The predicted octanol–water partition coefficient (Wildman–Crippen LogP) is 6.47. The van der Waals surface area contributed by atoms with Crippen molar-refractivity contribution in [2.24, 2.45) is 40.9 Å². The predicted molar refractivity (Wildman–Crippen MR) is 129 cm³/mol. The molecule has 2 saturated carbocycles. The molecule has 2 aliphatic carbocycles. The van der Waals surface area contributed by atoms with E-state index in [0.29, 0.717) is 35.5 Å². The lowest BCUT2D eigenvalue weighted by Gasteiger charge is -2.51. The van der Waals surface area contributed by atoms with Crippen LogP contribution in [0.3, 0.4) is 0 Å². The molecular formula is C28H48O4. The maximum absolute atomic E-state index is 11.1. The molecule has 0 aromatic rings. The fourth-order valence-corrected chi connectivity index (χ4v) is 7.77. The normalized spacial score (nSPS) is 39.0. The highest BCUT2D eigenvalue weighted by Gasteiger charge is 2.54. The molecular weight excluding hydrogens is 400 g/mol. The summed E-state index contributed by atoms with van der Waals surface area (Å²) >= 11 is 0. The molecule has 32 heavy (non-hydrogen) atoms. The number of ether oxygens (including phenoxy) is 1. The molecule has 0 radical (unpaired) electrons. The number of carboxylic acid groups (broad SMARTS) is 1. The molecule has 0 spiro atoms. The minimum absolute atomic E-state index is 0.138. The number of carboxylic acids is 1. The van der Waals surface area contributed by atoms with Crippen molar-refractivity contribution in [3.63, 3.8) is 0 Å². The number of rotatable bonds is 9. The fourth-order valence-electron chi connectivity index (χ4n) is 7.77. The van der Waals surface area contributed by atoms with E-state index in [1.54, 1.807) is 0 Å². The summed E-state index contributed by atoms with van der Waals surface area (Å²) < 4.78 is 6.39. The first kappa shape index (κ1) is 25.7. The molecule has 3 aliphatic rings. The van der Waals surface area contributed by atoms with Gasteiger partial charge in [0.15, 0.2) is 0 Å². The van der Waals surface area contributed by atoms with Gasteiger partial charge in [0.1, 0.15) is 0 Å². The summed E-state index contributed by atoms with van der Waals surface area (Å²) in [6.45, 7) is 10.8. The average Bonchev–Trinajstić information content (AvgIpc) is 3.10. The topological polar surface area (TPSA) is 66.8 Å². The molecule has 8 atom stereocenters. The van der Waals surface area contributed by atoms with Crippen molar-refractivity contribution in [3.05, 3.63) is 11.6 Å². The maximum Gasteiger partial charge on any atom is 0.307 e. The number of fused-ring (bicyclic) bond motifs is 3. The molecule has 2 N–H and O–H groups in total. The van der Waals surface area contributed by atoms with Gasteiger partial charge in [-0.15, -0.1) is 0 Å². The van der Waals surface area contributed by atoms with Gasteiger partial charge in [0.05, 0.1) is 12.5 Å². The number of aliphatic hydroxyl groups is 1. The van der Waals surface area contributed by atoms with Gasteiger partial charge in [-0.05, 0) is 92.8 Å². The van der Waals surface area contributed by atoms with E-state index in [1.807, 2.05) is 6.08 Å². The number of unbranched alkanes of at least 4 members (excludes halogenated alkanes) is 1. The van der Waals surface area contributed by atoms with Gasteiger partial charge in [0.25, 0.3) is 0 Å². The highest BCUT2D eigenvalue weighted by Crippen LogP contribution is 2.62. The van der Waals surface area contributed by atoms with Crippen LogP contribution in [0.4, 0.5) is 0 Å². The number of allylic oxidation sites excluding steroid dienone is 1. The Hall–Kier alpha value is -0.870. The Labute approximate surface area is 196 Å². The van der Waals surface area contributed by atoms with Crippen LogP contribution in [0.1, 0.15) is 98.3 Å². The Morgan fingerprint density at radius 2 is 1.97 bits per heavy atom. The SMILES string of the molecule is CCCC[C@@H](O)CC1CC2CC[C@@]3(C)C(CC[C@@H]3/C(C)=C\CC(=O)O)C2COC[C@@H]1CC. The zero-order chi connectivity index (χ0) is 23.3. The molecule has 3 fully saturated rings. The molecule has 1 aliphatic heterocycles. The Morgan fingerprint density at radius 1 is 1.19 bits per heavy atom. The summed E-state index contributed by atoms with van der Waals surface area (Å²) in [5.74, 6) is 2.89. The molecule has 4 heteroatoms. The molecule has 3 rings (SSSR count). The van der Waals surface area contributed by atoms with Crippen LogP contribution in [0.5, 0.6) is 0 Å². The van der Waals surface area contributed by atoms with Crippen molar-refractivity contribution in [3.8, 4) is 0 Å². The molecule has 1 heterocycles. The van der Waals surface area contributed by atoms with Crippen molar-refractivity contribution in [1.82, 2.24) is 0 Å². The lowest BCUT2D eigenvalue weighted by Crippen LogP contribution is -2.46. The molecule has 184 valence electrons. The van der Waals surface area contributed by atoms with Crippen LogP contribution in [0.15, 0.2) is 11.6 Å². The van der Waals surface area contributed by atoms with E-state index in [4.69, 9.17) is 9.84 Å². The highest BCUT2D eigenvalue weighted by molar-refractivity contribution is 5.68. The van der Waals surface area contributed by atoms with Gasteiger partial charge < -0.3 is 14.9 Å². The first-order valence-corrected chi connectivity index (χ1v) is 13.4. The van der Waals surface area contributed by atoms with Gasteiger partial charge in [-0.2, -0.15) is 0 Å². The third-order valence-corrected chi connectivity index (χ3v) is 9.64. The molecule has 1 saturated heterocycles. The summed E-state index contributed by atoms with van der Waals surface area (Å²) in [7, 11) is 0. The van der Waals surface area contributed by atoms with E-state index in [9.17, 15) is 9.90 Å². The minimum Gasteiger partial charge on any atom is -0.481 e. The Morgan fingerprint density at radius 3 is 2.66 bits per heavy atom. The maximum atomic E-state index is 11.1. The molecule has 4 unspecified atom stereocenters. The van der Waals surface area contributed by atoms with Crippen LogP contribution in [0.2, 0.25) is 0 Å². The number of aliphatic hydroxyl groups excluding tert-OH is 1. The van der Waals surface area contributed by atoms with Crippen molar-refractivity contribution in [2.45, 2.75) is 104 Å². The summed E-state index contributed by atoms with van der Waals surface area (Å²) in [6.07, 6.45) is 13.4. The third-order valence-electron chi connectivity index (χ3n) is 9.64. The van der Waals surface area contributed by atoms with Gasteiger partial charge in [0.2, 0.25) is 0 Å². The van der Waals surface area contributed by atoms with Crippen LogP contribution in [-0.2, 0) is 9.53 Å². The van der Waals surface area contributed by atoms with Crippen molar-refractivity contribution in [2.75, 3.05) is 13.2 Å². The largest absolute Gasteiger partial charge is 0.481 e. The van der Waals surface area contributed by atoms with Gasteiger partial charge in [-0.1, -0.05) is 51.7 Å². The molecule has 4 nitrogen and oxygen atoms in total. The lowest BCUT2D eigenvalue weighted by molar-refractivity contribution is -0.136. The Bertz CT molecular complexity index is 643. The Kier molecular flexibility index (Phi) is 9.26. The van der Waals surface area contributed by atoms with E-state index < -0.39 is 5.97 Å². The summed E-state index contributed by atoms with van der Waals surface area (Å²) in [4.78, 5) is 11.1. The van der Waals surface area contributed by atoms with Gasteiger partial charge in [-0.25, -0.2) is 0 Å². The number of hydrogen-bond donors (Lipinski definition) is 2. The summed E-state index contributed by atoms with van der Waals surface area (Å²) in [5, 5.41) is 19.8. The zero-order valence-electron chi connectivity index (χ0n) is 21.0. The first-order chi connectivity index (χ1) is 15.3. The van der Waals surface area contributed by atoms with E-state index in [1.165, 1.54) is 37.7 Å². The second-order valence-corrected chi connectivity index (χ2v) is 11.5. The number of carbonyl (C=O) groups is 1. The lowest BCUT2D eigenvalue weighted by atomic mass is 9.55. The standard InChI is InChI=1S/C28H48O4/c1-5-7-8-23(29)16-22-15-21-13-14-28(4)25(19(3)9-12-27(30)31)10-11-26(28)24(21)18-32-17-20(22)6-2/h9,20-26,29H,5-8,10-18H2,1-4H3,(H,30,31)/b19-9-/t20-,21?,22?,23+,24?,25+,26?,28+/m0/s1. The van der Waals surface area contributed by atoms with Crippen LogP contribution < -0.4 is 0 Å². The zero-order valence-corrected chi connectivity index (χ0v) is 21.0. The first-order valence-electron chi connectivity index (χ1n) is 13.4. The van der Waals surface area contributed by atoms with Crippen molar-refractivity contribution < 1.29 is 19.7 Å². The second kappa shape index (κ2) is 11.5. The van der Waals surface area contributed by atoms with Crippen LogP contribution in [-0.4, -0.2) is 35.5 Å². The monoisotopic (exact) mass is 448 g/mol. The minimum atomic E-state index is -0.737. The smallest absolute Gasteiger partial charge is 0.307 e. The third kappa shape index (κ3) is 5.78. The average molecular weight is 449 g/mol. The van der Waals surface area contributed by atoms with Crippen molar-refractivity contribution >= 4 is 5.97 Å². The molecule has 0 aromatic heterocycles. The quantitative estimate of drug-likeness (QED) is 0.397. The van der Waals surface area contributed by atoms with Crippen molar-refractivity contribution in [1.29, 1.82) is 0 Å². The Balaban J connectivity index is 1.73. The van der Waals surface area contributed by atoms with Gasteiger partial charge in [-0.3, -0.25) is 4.79 Å². The second-order valence-electron chi connectivity index (χ2n) is 11.5. The number of aliphatic carboxylic acids is 1. The molecule has 0 bridgehead atoms. The van der Waals surface area contributed by atoms with Gasteiger partial charge in [0, 0.05) is 13.2 Å². The van der Waals surface area contributed by atoms with Crippen LogP contribution in [0, 0.1) is 40.9 Å². The fraction of sp³-hybridized carbons (Fsp3) is 0.893. The van der Waals surface area contributed by atoms with Crippen LogP contribution in [0.25, 0.3) is 0 Å². The molecule has 0 aromatic carbocycles. The van der Waals surface area contributed by atoms with E-state index in [2.05, 4.69) is 27.7 Å². The summed E-state index contributed by atoms with van der Waals surface area (Å²) in [6, 6.07) is 0. The molecule has 0 amide bonds. The highest BCUT2D eigenvalue weighted by atomic mass is 16.5. The van der Waals surface area contributed by atoms with E-state index in [0.717, 1.165) is 45.3 Å². The summed E-state index contributed by atoms with van der Waals surface area (Å²) in [5.41, 5.74) is 1.55.